The molecule has 0 unspecified atom stereocenters. The lowest BCUT2D eigenvalue weighted by atomic mass is 10.2. The number of H-pyrrole nitrogens is 2. The summed E-state index contributed by atoms with van der Waals surface area (Å²) < 4.78 is 5.23. The first-order valence-corrected chi connectivity index (χ1v) is 5.36. The van der Waals surface area contributed by atoms with Crippen molar-refractivity contribution in [2.24, 2.45) is 5.84 Å². The number of rotatable bonds is 4. The molecule has 1 amide bonds. The van der Waals surface area contributed by atoms with Gasteiger partial charge in [0.25, 0.3) is 5.91 Å². The van der Waals surface area contributed by atoms with Crippen LogP contribution in [0.5, 0.6) is 0 Å². The highest BCUT2D eigenvalue weighted by atomic mass is 16.5. The molecule has 0 saturated heterocycles. The Bertz CT molecular complexity index is 614. The Balaban J connectivity index is 1.99. The average Bonchev–Trinajstić information content (AvgIpc) is 2.68. The maximum atomic E-state index is 11.2. The van der Waals surface area contributed by atoms with Gasteiger partial charge in [0.05, 0.1) is 17.6 Å². The monoisotopic (exact) mass is 250 g/mol. The SMILES string of the molecule is CN(N)C(=O)COCc1ccc2[nH]c(=O)[nH]c2c1. The third-order valence-electron chi connectivity index (χ3n) is 2.47. The van der Waals surface area contributed by atoms with Crippen molar-refractivity contribution in [1.82, 2.24) is 15.0 Å². The van der Waals surface area contributed by atoms with Crippen LogP contribution >= 0.6 is 0 Å². The Morgan fingerprint density at radius 2 is 2.11 bits per heavy atom. The highest BCUT2D eigenvalue weighted by Crippen LogP contribution is 2.10. The van der Waals surface area contributed by atoms with Crippen LogP contribution in [0.4, 0.5) is 0 Å². The van der Waals surface area contributed by atoms with Gasteiger partial charge in [0, 0.05) is 7.05 Å². The zero-order valence-corrected chi connectivity index (χ0v) is 9.90. The van der Waals surface area contributed by atoms with E-state index in [1.165, 1.54) is 7.05 Å². The lowest BCUT2D eigenvalue weighted by molar-refractivity contribution is -0.135. The molecule has 2 rings (SSSR count). The van der Waals surface area contributed by atoms with Crippen LogP contribution in [0.1, 0.15) is 5.56 Å². The molecule has 0 bridgehead atoms. The molecule has 1 heterocycles. The zero-order valence-electron chi connectivity index (χ0n) is 9.90. The second-order valence-electron chi connectivity index (χ2n) is 3.96. The number of nitrogens with zero attached hydrogens (tertiary/aromatic N) is 1. The van der Waals surface area contributed by atoms with Crippen LogP contribution in [0.2, 0.25) is 0 Å². The van der Waals surface area contributed by atoms with Gasteiger partial charge < -0.3 is 14.7 Å². The number of aromatic amines is 2. The average molecular weight is 250 g/mol. The number of carbonyl (C=O) groups is 1. The molecule has 7 heteroatoms. The Hall–Kier alpha value is -2.12. The summed E-state index contributed by atoms with van der Waals surface area (Å²) in [5, 5.41) is 0.979. The first-order chi connectivity index (χ1) is 8.56. The van der Waals surface area contributed by atoms with E-state index in [4.69, 9.17) is 10.6 Å². The van der Waals surface area contributed by atoms with Crippen molar-refractivity contribution < 1.29 is 9.53 Å². The summed E-state index contributed by atoms with van der Waals surface area (Å²) in [5.74, 6) is 4.95. The van der Waals surface area contributed by atoms with E-state index >= 15 is 0 Å². The summed E-state index contributed by atoms with van der Waals surface area (Å²) in [6, 6.07) is 5.40. The molecule has 0 aliphatic carbocycles. The molecule has 0 saturated carbocycles. The van der Waals surface area contributed by atoms with Crippen LogP contribution < -0.4 is 11.5 Å². The summed E-state index contributed by atoms with van der Waals surface area (Å²) in [6.45, 7) is 0.206. The first-order valence-electron chi connectivity index (χ1n) is 5.36. The van der Waals surface area contributed by atoms with E-state index in [1.807, 2.05) is 6.07 Å². The summed E-state index contributed by atoms with van der Waals surface area (Å²) in [7, 11) is 1.46. The maximum Gasteiger partial charge on any atom is 0.323 e. The molecule has 96 valence electrons. The Morgan fingerprint density at radius 1 is 1.39 bits per heavy atom. The van der Waals surface area contributed by atoms with Gasteiger partial charge in [0.15, 0.2) is 0 Å². The molecule has 18 heavy (non-hydrogen) atoms. The van der Waals surface area contributed by atoms with Crippen LogP contribution in [-0.4, -0.2) is 34.5 Å². The molecule has 0 atom stereocenters. The number of nitrogens with one attached hydrogen (secondary N) is 2. The molecular weight excluding hydrogens is 236 g/mol. The first kappa shape index (κ1) is 12.3. The van der Waals surface area contributed by atoms with Crippen LogP contribution in [0, 0.1) is 0 Å². The van der Waals surface area contributed by atoms with Gasteiger partial charge in [0.1, 0.15) is 6.61 Å². The summed E-state index contributed by atoms with van der Waals surface area (Å²) >= 11 is 0. The molecular formula is C11H14N4O3. The number of likely N-dealkylation sites (N-methyl/N-ethyl adjacent to an activating group) is 1. The van der Waals surface area contributed by atoms with Gasteiger partial charge >= 0.3 is 5.69 Å². The molecule has 7 nitrogen and oxygen atoms in total. The zero-order chi connectivity index (χ0) is 13.1. The molecule has 4 N–H and O–H groups in total. The summed E-state index contributed by atoms with van der Waals surface area (Å²) in [4.78, 5) is 27.5. The molecule has 1 aromatic carbocycles. The number of aromatic nitrogens is 2. The largest absolute Gasteiger partial charge is 0.367 e. The Kier molecular flexibility index (Phi) is 3.45. The topological polar surface area (TPSA) is 104 Å². The lowest BCUT2D eigenvalue weighted by Crippen LogP contribution is -2.35. The molecule has 0 fully saturated rings. The Labute approximate surface area is 103 Å². The van der Waals surface area contributed by atoms with Gasteiger partial charge in [-0.3, -0.25) is 9.80 Å². The standard InChI is InChI=1S/C11H14N4O3/c1-15(12)10(16)6-18-5-7-2-3-8-9(4-7)14-11(17)13-8/h2-4H,5-6,12H2,1H3,(H2,13,14,17). The third kappa shape index (κ3) is 2.76. The number of imidazole rings is 1. The van der Waals surface area contributed by atoms with Crippen molar-refractivity contribution in [2.45, 2.75) is 6.61 Å². The van der Waals surface area contributed by atoms with Crippen molar-refractivity contribution in [3.63, 3.8) is 0 Å². The number of hydrazine groups is 1. The summed E-state index contributed by atoms with van der Waals surface area (Å²) in [6.07, 6.45) is 0. The number of nitrogens with two attached hydrogens (primary N) is 1. The number of ether oxygens (including phenoxy) is 1. The van der Waals surface area contributed by atoms with Crippen LogP contribution in [0.3, 0.4) is 0 Å². The molecule has 2 aromatic rings. The second kappa shape index (κ2) is 5.03. The molecule has 0 aliphatic rings. The second-order valence-corrected chi connectivity index (χ2v) is 3.96. The lowest BCUT2D eigenvalue weighted by Gasteiger charge is -2.10. The van der Waals surface area contributed by atoms with Crippen LogP contribution in [0.25, 0.3) is 11.0 Å². The van der Waals surface area contributed by atoms with Gasteiger partial charge in [-0.25, -0.2) is 10.6 Å². The number of amides is 1. The molecule has 0 spiro atoms. The number of benzene rings is 1. The Morgan fingerprint density at radius 3 is 2.83 bits per heavy atom. The number of hydrogen-bond acceptors (Lipinski definition) is 4. The van der Waals surface area contributed by atoms with E-state index in [2.05, 4.69) is 9.97 Å². The van der Waals surface area contributed by atoms with Gasteiger partial charge in [-0.15, -0.1) is 0 Å². The van der Waals surface area contributed by atoms with Gasteiger partial charge in [0.2, 0.25) is 0 Å². The quantitative estimate of drug-likeness (QED) is 0.394. The fourth-order valence-electron chi connectivity index (χ4n) is 1.53. The minimum absolute atomic E-state index is 0.0747. The van der Waals surface area contributed by atoms with Gasteiger partial charge in [-0.2, -0.15) is 0 Å². The molecule has 0 radical (unpaired) electrons. The molecule has 1 aromatic heterocycles. The van der Waals surface area contributed by atoms with Crippen LogP contribution in [0.15, 0.2) is 23.0 Å². The van der Waals surface area contributed by atoms with E-state index < -0.39 is 0 Å². The van der Waals surface area contributed by atoms with Crippen molar-refractivity contribution in [3.05, 3.63) is 34.2 Å². The number of fused-ring (bicyclic) bond motifs is 1. The third-order valence-corrected chi connectivity index (χ3v) is 2.47. The predicted molar refractivity (Wildman–Crippen MR) is 65.5 cm³/mol. The number of hydrogen-bond donors (Lipinski definition) is 3. The highest BCUT2D eigenvalue weighted by Gasteiger charge is 2.05. The normalized spacial score (nSPS) is 10.8. The minimum atomic E-state index is -0.300. The van der Waals surface area contributed by atoms with Crippen LogP contribution in [-0.2, 0) is 16.1 Å². The van der Waals surface area contributed by atoms with E-state index in [9.17, 15) is 9.59 Å². The highest BCUT2D eigenvalue weighted by molar-refractivity contribution is 5.76. The number of carbonyl (C=O) groups excluding carboxylic acids is 1. The van der Waals surface area contributed by atoms with Crippen molar-refractivity contribution in [2.75, 3.05) is 13.7 Å². The molecule has 0 aliphatic heterocycles. The van der Waals surface area contributed by atoms with Crippen molar-refractivity contribution in [3.8, 4) is 0 Å². The van der Waals surface area contributed by atoms with Gasteiger partial charge in [-0.1, -0.05) is 6.07 Å². The fourth-order valence-corrected chi connectivity index (χ4v) is 1.53. The van der Waals surface area contributed by atoms with E-state index in [-0.39, 0.29) is 24.8 Å². The maximum absolute atomic E-state index is 11.2. The van der Waals surface area contributed by atoms with Crippen molar-refractivity contribution >= 4 is 16.9 Å². The smallest absolute Gasteiger partial charge is 0.323 e. The van der Waals surface area contributed by atoms with E-state index in [1.54, 1.807) is 12.1 Å². The fraction of sp³-hybridized carbons (Fsp3) is 0.273. The van der Waals surface area contributed by atoms with Crippen molar-refractivity contribution in [1.29, 1.82) is 0 Å². The van der Waals surface area contributed by atoms with E-state index in [0.717, 1.165) is 16.1 Å². The predicted octanol–water partition coefficient (Wildman–Crippen LogP) is -0.295. The summed E-state index contributed by atoms with van der Waals surface area (Å²) in [5.41, 5.74) is 2.07. The van der Waals surface area contributed by atoms with E-state index in [0.29, 0.717) is 5.52 Å². The minimum Gasteiger partial charge on any atom is -0.367 e. The van der Waals surface area contributed by atoms with Gasteiger partial charge in [-0.05, 0) is 17.7 Å².